The van der Waals surface area contributed by atoms with Gasteiger partial charge in [0.1, 0.15) is 5.52 Å². The predicted octanol–water partition coefficient (Wildman–Crippen LogP) is 4.31. The number of hydrogen-bond acceptors (Lipinski definition) is 6. The van der Waals surface area contributed by atoms with Crippen LogP contribution in [0.4, 0.5) is 0 Å². The number of aromatic nitrogens is 5. The van der Waals surface area contributed by atoms with Gasteiger partial charge in [0.05, 0.1) is 35.5 Å². The fourth-order valence-electron chi connectivity index (χ4n) is 3.38. The third-order valence-electron chi connectivity index (χ3n) is 5.29. The maximum Gasteiger partial charge on any atom is 0.222 e. The zero-order valence-electron chi connectivity index (χ0n) is 19.2. The summed E-state index contributed by atoms with van der Waals surface area (Å²) in [4.78, 5) is 16.8. The van der Waals surface area contributed by atoms with Crippen molar-refractivity contribution in [1.82, 2.24) is 29.6 Å². The monoisotopic (exact) mass is 408 g/mol. The molecule has 0 bridgehead atoms. The summed E-state index contributed by atoms with van der Waals surface area (Å²) in [5.41, 5.74) is 6.74. The van der Waals surface area contributed by atoms with Crippen LogP contribution in [0, 0.1) is 6.92 Å². The van der Waals surface area contributed by atoms with E-state index >= 15 is 0 Å². The van der Waals surface area contributed by atoms with Gasteiger partial charge in [0.2, 0.25) is 5.88 Å². The first-order chi connectivity index (χ1) is 14.3. The first-order valence-electron chi connectivity index (χ1n) is 10.5. The molecule has 0 amide bonds. The number of ether oxygens (including phenoxy) is 1. The van der Waals surface area contributed by atoms with E-state index in [0.717, 1.165) is 58.2 Å². The highest BCUT2D eigenvalue weighted by atomic mass is 16.5. The van der Waals surface area contributed by atoms with E-state index in [1.54, 1.807) is 7.11 Å². The van der Waals surface area contributed by atoms with E-state index in [-0.39, 0.29) is 0 Å². The highest BCUT2D eigenvalue weighted by molar-refractivity contribution is 5.81. The molecule has 160 valence electrons. The molecule has 0 saturated heterocycles. The molecule has 0 atom stereocenters. The van der Waals surface area contributed by atoms with Crippen molar-refractivity contribution >= 4 is 16.9 Å². The normalized spacial score (nSPS) is 11.6. The Morgan fingerprint density at radius 2 is 1.93 bits per heavy atom. The number of likely N-dealkylation sites (N-methyl/N-ethyl adjacent to an activating group) is 1. The largest absolute Gasteiger partial charge is 0.480 e. The standard InChI is InChI=1S/C23H32N6O/c1-9-18-21(17-11-12-19(14(3)4)25-23(17)30-8)26-20-16(6)27-29(22(20)24-18)15(5)13-28(7)10-2/h11-12,14H,5,9-10,13H2,1-4,6-8H3. The van der Waals surface area contributed by atoms with E-state index in [1.165, 1.54) is 0 Å². The molecule has 3 aromatic rings. The van der Waals surface area contributed by atoms with E-state index in [4.69, 9.17) is 19.7 Å². The van der Waals surface area contributed by atoms with Gasteiger partial charge in [-0.05, 0) is 45.0 Å². The Labute approximate surface area is 178 Å². The number of methoxy groups -OCH3 is 1. The average Bonchev–Trinajstić information content (AvgIpc) is 3.07. The third kappa shape index (κ3) is 4.07. The number of rotatable bonds is 8. The van der Waals surface area contributed by atoms with Crippen LogP contribution >= 0.6 is 0 Å². The molecule has 30 heavy (non-hydrogen) atoms. The van der Waals surface area contributed by atoms with Crippen LogP contribution in [0.25, 0.3) is 28.1 Å². The molecule has 0 N–H and O–H groups in total. The molecule has 3 heterocycles. The van der Waals surface area contributed by atoms with Crippen LogP contribution in [0.5, 0.6) is 5.88 Å². The van der Waals surface area contributed by atoms with Crippen molar-refractivity contribution < 1.29 is 4.74 Å². The van der Waals surface area contributed by atoms with Gasteiger partial charge >= 0.3 is 0 Å². The van der Waals surface area contributed by atoms with Gasteiger partial charge in [-0.15, -0.1) is 0 Å². The summed E-state index contributed by atoms with van der Waals surface area (Å²) in [7, 11) is 3.70. The van der Waals surface area contributed by atoms with E-state index in [9.17, 15) is 0 Å². The first kappa shape index (κ1) is 21.9. The van der Waals surface area contributed by atoms with Crippen LogP contribution in [-0.2, 0) is 6.42 Å². The zero-order chi connectivity index (χ0) is 22.0. The maximum atomic E-state index is 5.61. The molecular weight excluding hydrogens is 376 g/mol. The van der Waals surface area contributed by atoms with Crippen molar-refractivity contribution in [2.45, 2.75) is 47.0 Å². The second-order valence-electron chi connectivity index (χ2n) is 7.89. The lowest BCUT2D eigenvalue weighted by Gasteiger charge is -2.16. The predicted molar refractivity (Wildman–Crippen MR) is 122 cm³/mol. The minimum atomic E-state index is 0.319. The Morgan fingerprint density at radius 1 is 1.20 bits per heavy atom. The molecule has 0 aliphatic rings. The van der Waals surface area contributed by atoms with Gasteiger partial charge in [-0.25, -0.2) is 19.6 Å². The second kappa shape index (κ2) is 8.92. The van der Waals surface area contributed by atoms with Gasteiger partial charge in [0.25, 0.3) is 0 Å². The summed E-state index contributed by atoms with van der Waals surface area (Å²) in [6.45, 7) is 16.3. The zero-order valence-corrected chi connectivity index (χ0v) is 19.2. The highest BCUT2D eigenvalue weighted by Gasteiger charge is 2.21. The third-order valence-corrected chi connectivity index (χ3v) is 5.29. The van der Waals surface area contributed by atoms with E-state index < -0.39 is 0 Å². The minimum absolute atomic E-state index is 0.319. The summed E-state index contributed by atoms with van der Waals surface area (Å²) >= 11 is 0. The van der Waals surface area contributed by atoms with Gasteiger partial charge in [-0.1, -0.05) is 34.3 Å². The van der Waals surface area contributed by atoms with Crippen LogP contribution in [0.1, 0.15) is 50.7 Å². The summed E-state index contributed by atoms with van der Waals surface area (Å²) in [6, 6.07) is 4.07. The van der Waals surface area contributed by atoms with Crippen molar-refractivity contribution in [3.8, 4) is 17.1 Å². The molecule has 0 saturated carbocycles. The number of fused-ring (bicyclic) bond motifs is 1. The molecule has 0 aliphatic carbocycles. The van der Waals surface area contributed by atoms with Crippen LogP contribution < -0.4 is 4.74 Å². The fourth-order valence-corrected chi connectivity index (χ4v) is 3.38. The Kier molecular flexibility index (Phi) is 6.51. The van der Waals surface area contributed by atoms with E-state index in [2.05, 4.69) is 51.3 Å². The van der Waals surface area contributed by atoms with Crippen molar-refractivity contribution in [2.24, 2.45) is 0 Å². The van der Waals surface area contributed by atoms with Crippen molar-refractivity contribution in [2.75, 3.05) is 27.2 Å². The molecule has 7 nitrogen and oxygen atoms in total. The van der Waals surface area contributed by atoms with Gasteiger partial charge in [0, 0.05) is 12.2 Å². The molecule has 0 spiro atoms. The van der Waals surface area contributed by atoms with Gasteiger partial charge in [-0.3, -0.25) is 0 Å². The molecule has 0 aliphatic heterocycles. The van der Waals surface area contributed by atoms with E-state index in [1.807, 2.05) is 23.7 Å². The highest BCUT2D eigenvalue weighted by Crippen LogP contribution is 2.32. The molecule has 7 heteroatoms. The average molecular weight is 409 g/mol. The summed E-state index contributed by atoms with van der Waals surface area (Å²) in [5.74, 6) is 0.892. The SMILES string of the molecule is C=C(CN(C)CC)n1nc(C)c2nc(-c3ccc(C(C)C)nc3OC)c(CC)nc21. The molecule has 0 fully saturated rings. The van der Waals surface area contributed by atoms with Crippen molar-refractivity contribution in [3.05, 3.63) is 35.8 Å². The van der Waals surface area contributed by atoms with Crippen molar-refractivity contribution in [1.29, 1.82) is 0 Å². The van der Waals surface area contributed by atoms with Crippen LogP contribution in [0.3, 0.4) is 0 Å². The lowest BCUT2D eigenvalue weighted by Crippen LogP contribution is -2.22. The smallest absolute Gasteiger partial charge is 0.222 e. The molecular formula is C23H32N6O. The van der Waals surface area contributed by atoms with Crippen molar-refractivity contribution in [3.63, 3.8) is 0 Å². The number of pyridine rings is 1. The second-order valence-corrected chi connectivity index (χ2v) is 7.89. The number of nitrogens with zero attached hydrogens (tertiary/aromatic N) is 6. The Bertz CT molecular complexity index is 1070. The van der Waals surface area contributed by atoms with Crippen LogP contribution in [-0.4, -0.2) is 56.9 Å². The Balaban J connectivity index is 2.17. The molecule has 0 radical (unpaired) electrons. The lowest BCUT2D eigenvalue weighted by molar-refractivity contribution is 0.392. The van der Waals surface area contributed by atoms with Gasteiger partial charge in [-0.2, -0.15) is 5.10 Å². The first-order valence-corrected chi connectivity index (χ1v) is 10.5. The van der Waals surface area contributed by atoms with Gasteiger partial charge < -0.3 is 9.64 Å². The van der Waals surface area contributed by atoms with Crippen LogP contribution in [0.2, 0.25) is 0 Å². The molecule has 0 unspecified atom stereocenters. The minimum Gasteiger partial charge on any atom is -0.480 e. The maximum absolute atomic E-state index is 5.61. The number of aryl methyl sites for hydroxylation is 2. The fraction of sp³-hybridized carbons (Fsp3) is 0.478. The Hall–Kier alpha value is -2.80. The summed E-state index contributed by atoms with van der Waals surface area (Å²) in [5, 5.41) is 4.69. The molecule has 3 aromatic heterocycles. The van der Waals surface area contributed by atoms with Gasteiger partial charge in [0.15, 0.2) is 5.65 Å². The Morgan fingerprint density at radius 3 is 2.53 bits per heavy atom. The summed E-state index contributed by atoms with van der Waals surface area (Å²) in [6.07, 6.45) is 0.735. The lowest BCUT2D eigenvalue weighted by atomic mass is 10.1. The van der Waals surface area contributed by atoms with E-state index in [0.29, 0.717) is 18.3 Å². The molecule has 0 aromatic carbocycles. The summed E-state index contributed by atoms with van der Waals surface area (Å²) < 4.78 is 7.44. The molecule has 3 rings (SSSR count). The topological polar surface area (TPSA) is 69.0 Å². The van der Waals surface area contributed by atoms with Crippen LogP contribution in [0.15, 0.2) is 18.7 Å². The quantitative estimate of drug-likeness (QED) is 0.553. The number of hydrogen-bond donors (Lipinski definition) is 0.